The Morgan fingerprint density at radius 1 is 1.09 bits per heavy atom. The summed E-state index contributed by atoms with van der Waals surface area (Å²) in [7, 11) is -10.1. The van der Waals surface area contributed by atoms with Gasteiger partial charge in [0, 0.05) is 0 Å². The molecule has 0 heterocycles. The van der Waals surface area contributed by atoms with Crippen LogP contribution >= 0.6 is 15.6 Å². The highest BCUT2D eigenvalue weighted by Crippen LogP contribution is 2.47. The minimum atomic E-state index is -5.10. The Labute approximate surface area is 128 Å². The fraction of sp³-hybridized carbons (Fsp3) is 0. The minimum absolute atomic E-state index is 0.0366. The van der Waals surface area contributed by atoms with Crippen LogP contribution in [0.3, 0.4) is 0 Å². The van der Waals surface area contributed by atoms with Gasteiger partial charge in [0.2, 0.25) is 0 Å². The third-order valence-electron chi connectivity index (χ3n) is 2.06. The first-order chi connectivity index (χ1) is 10.4. The van der Waals surface area contributed by atoms with Gasteiger partial charge in [0.25, 0.3) is 0 Å². The van der Waals surface area contributed by atoms with Crippen molar-refractivity contribution in [2.75, 3.05) is 0 Å². The molecule has 0 spiro atoms. The summed E-state index contributed by atoms with van der Waals surface area (Å²) in [4.78, 5) is 45.7. The van der Waals surface area contributed by atoms with Gasteiger partial charge in [-0.25, -0.2) is 13.9 Å². The van der Waals surface area contributed by atoms with Gasteiger partial charge in [-0.2, -0.15) is 5.26 Å². The number of nitriles is 1. The predicted molar refractivity (Wildman–Crippen MR) is 73.0 cm³/mol. The van der Waals surface area contributed by atoms with Gasteiger partial charge in [-0.05, 0) is 23.8 Å². The van der Waals surface area contributed by atoms with E-state index in [2.05, 4.69) is 9.05 Å². The van der Waals surface area contributed by atoms with Crippen LogP contribution in [0.25, 0.3) is 6.08 Å². The number of carbonyl (C=O) groups is 1. The minimum Gasteiger partial charge on any atom is -0.477 e. The van der Waals surface area contributed by atoms with E-state index in [9.17, 15) is 13.9 Å². The number of carboxylic acid groups (broad SMARTS) is 1. The van der Waals surface area contributed by atoms with E-state index in [0.717, 1.165) is 24.3 Å². The van der Waals surface area contributed by atoms with Crippen molar-refractivity contribution >= 4 is 27.7 Å². The molecule has 0 atom stereocenters. The largest absolute Gasteiger partial charge is 0.524 e. The summed E-state index contributed by atoms with van der Waals surface area (Å²) in [6.07, 6.45) is 0.857. The third-order valence-corrected chi connectivity index (χ3v) is 2.93. The highest BCUT2D eigenvalue weighted by molar-refractivity contribution is 7.47. The molecule has 1 rings (SSSR count). The molecule has 0 saturated carbocycles. The van der Waals surface area contributed by atoms with E-state index in [-0.39, 0.29) is 5.56 Å². The van der Waals surface area contributed by atoms with Gasteiger partial charge in [0.1, 0.15) is 11.6 Å². The fourth-order valence-electron chi connectivity index (χ4n) is 1.33. The SMILES string of the molecule is N#CC(=Cc1ccc(OP(=O)(O)O)c(OP(=O)(O)O)c1)C(=O)O. The lowest BCUT2D eigenvalue weighted by atomic mass is 10.1. The summed E-state index contributed by atoms with van der Waals surface area (Å²) in [5.74, 6) is -2.98. The fourth-order valence-corrected chi connectivity index (χ4v) is 2.13. The molecule has 0 aliphatic carbocycles. The van der Waals surface area contributed by atoms with Crippen molar-refractivity contribution in [1.29, 1.82) is 5.26 Å². The first-order valence-electron chi connectivity index (χ1n) is 5.41. The molecule has 11 nitrogen and oxygen atoms in total. The lowest BCUT2D eigenvalue weighted by Gasteiger charge is -2.13. The molecule has 0 aliphatic rings. The van der Waals surface area contributed by atoms with E-state index < -0.39 is 38.7 Å². The lowest BCUT2D eigenvalue weighted by Crippen LogP contribution is -1.99. The average molecular weight is 365 g/mol. The van der Waals surface area contributed by atoms with Crippen LogP contribution < -0.4 is 9.05 Å². The van der Waals surface area contributed by atoms with Gasteiger partial charge in [-0.15, -0.1) is 0 Å². The van der Waals surface area contributed by atoms with Crippen molar-refractivity contribution in [3.63, 3.8) is 0 Å². The van der Waals surface area contributed by atoms with Crippen LogP contribution in [0.1, 0.15) is 5.56 Å². The van der Waals surface area contributed by atoms with Crippen LogP contribution in [0.4, 0.5) is 0 Å². The molecular formula is C10H9NO10P2. The van der Waals surface area contributed by atoms with Crippen molar-refractivity contribution in [1.82, 2.24) is 0 Å². The Balaban J connectivity index is 3.38. The molecule has 13 heteroatoms. The maximum atomic E-state index is 10.9. The van der Waals surface area contributed by atoms with Crippen LogP contribution in [0.15, 0.2) is 23.8 Å². The third kappa shape index (κ3) is 6.63. The second-order valence-corrected chi connectivity index (χ2v) is 6.17. The van der Waals surface area contributed by atoms with Crippen molar-refractivity contribution in [2.24, 2.45) is 0 Å². The first-order valence-corrected chi connectivity index (χ1v) is 8.47. The maximum Gasteiger partial charge on any atom is 0.524 e. The van der Waals surface area contributed by atoms with E-state index in [1.54, 1.807) is 0 Å². The molecule has 0 amide bonds. The Hall–Kier alpha value is -2.18. The summed E-state index contributed by atoms with van der Waals surface area (Å²) in [6.45, 7) is 0. The maximum absolute atomic E-state index is 10.9. The Morgan fingerprint density at radius 3 is 2.04 bits per heavy atom. The normalized spacial score (nSPS) is 12.4. The summed E-state index contributed by atoms with van der Waals surface area (Å²) in [5, 5.41) is 17.4. The summed E-state index contributed by atoms with van der Waals surface area (Å²) >= 11 is 0. The zero-order valence-corrected chi connectivity index (χ0v) is 12.7. The lowest BCUT2D eigenvalue weighted by molar-refractivity contribution is -0.132. The van der Waals surface area contributed by atoms with E-state index in [4.69, 9.17) is 29.9 Å². The molecule has 124 valence electrons. The molecule has 0 radical (unpaired) electrons. The number of carboxylic acids is 1. The highest BCUT2D eigenvalue weighted by Gasteiger charge is 2.24. The van der Waals surface area contributed by atoms with Gasteiger partial charge in [-0.1, -0.05) is 6.07 Å². The van der Waals surface area contributed by atoms with Crippen LogP contribution in [0.2, 0.25) is 0 Å². The number of hydrogen-bond acceptors (Lipinski definition) is 6. The van der Waals surface area contributed by atoms with E-state index >= 15 is 0 Å². The van der Waals surface area contributed by atoms with E-state index in [1.165, 1.54) is 6.07 Å². The monoisotopic (exact) mass is 365 g/mol. The quantitative estimate of drug-likeness (QED) is 0.269. The Morgan fingerprint density at radius 2 is 1.61 bits per heavy atom. The van der Waals surface area contributed by atoms with Gasteiger partial charge in [0.15, 0.2) is 11.5 Å². The second kappa shape index (κ2) is 6.93. The molecule has 0 bridgehead atoms. The molecule has 0 unspecified atom stereocenters. The van der Waals surface area contributed by atoms with Crippen LogP contribution in [-0.4, -0.2) is 30.6 Å². The molecule has 0 saturated heterocycles. The molecule has 1 aromatic rings. The zero-order valence-electron chi connectivity index (χ0n) is 10.9. The summed E-state index contributed by atoms with van der Waals surface area (Å²) < 4.78 is 30.1. The van der Waals surface area contributed by atoms with Gasteiger partial charge in [-0.3, -0.25) is 19.6 Å². The molecule has 0 aliphatic heterocycles. The van der Waals surface area contributed by atoms with Crippen molar-refractivity contribution in [2.45, 2.75) is 0 Å². The standard InChI is InChI=1S/C10H9NO10P2/c11-5-7(10(12)13)3-6-1-2-8(20-22(14,15)16)9(4-6)21-23(17,18)19/h1-4H,(H,12,13)(H2,14,15,16)(H2,17,18,19). The van der Waals surface area contributed by atoms with Crippen molar-refractivity contribution in [3.8, 4) is 17.6 Å². The molecule has 0 aromatic heterocycles. The molecular weight excluding hydrogens is 356 g/mol. The van der Waals surface area contributed by atoms with Gasteiger partial charge >= 0.3 is 21.6 Å². The zero-order chi connectivity index (χ0) is 17.8. The topological polar surface area (TPSA) is 195 Å². The Kier molecular flexibility index (Phi) is 5.69. The van der Waals surface area contributed by atoms with Crippen molar-refractivity contribution in [3.05, 3.63) is 29.3 Å². The Bertz CT molecular complexity index is 783. The van der Waals surface area contributed by atoms with Crippen LogP contribution in [0.5, 0.6) is 11.5 Å². The number of rotatable bonds is 6. The number of nitrogens with zero attached hydrogens (tertiary/aromatic N) is 1. The number of aliphatic carboxylic acids is 1. The number of phosphoric ester groups is 2. The van der Waals surface area contributed by atoms with E-state index in [0.29, 0.717) is 0 Å². The van der Waals surface area contributed by atoms with Gasteiger partial charge < -0.3 is 14.2 Å². The van der Waals surface area contributed by atoms with Crippen LogP contribution in [-0.2, 0) is 13.9 Å². The summed E-state index contributed by atoms with van der Waals surface area (Å²) in [5.41, 5.74) is -0.721. The smallest absolute Gasteiger partial charge is 0.477 e. The van der Waals surface area contributed by atoms with E-state index in [1.807, 2.05) is 0 Å². The average Bonchev–Trinajstić information content (AvgIpc) is 2.35. The second-order valence-electron chi connectivity index (χ2n) is 3.84. The number of phosphoric acid groups is 2. The molecule has 1 aromatic carbocycles. The first kappa shape index (κ1) is 18.9. The number of hydrogen-bond donors (Lipinski definition) is 5. The van der Waals surface area contributed by atoms with Crippen LogP contribution in [0, 0.1) is 11.3 Å². The highest BCUT2D eigenvalue weighted by atomic mass is 31.2. The van der Waals surface area contributed by atoms with Gasteiger partial charge in [0.05, 0.1) is 0 Å². The predicted octanol–water partition coefficient (Wildman–Crippen LogP) is 0.621. The molecule has 0 fully saturated rings. The summed E-state index contributed by atoms with van der Waals surface area (Å²) in [6, 6.07) is 4.20. The molecule has 5 N–H and O–H groups in total. The van der Waals surface area contributed by atoms with Crippen molar-refractivity contribution < 1.29 is 47.7 Å². The number of benzene rings is 1. The molecule has 23 heavy (non-hydrogen) atoms.